The first-order valence-electron chi connectivity index (χ1n) is 12.7. The lowest BCUT2D eigenvalue weighted by molar-refractivity contribution is 1.28. The zero-order chi connectivity index (χ0) is 25.3. The van der Waals surface area contributed by atoms with Crippen molar-refractivity contribution in [2.75, 3.05) is 0 Å². The first-order valence-corrected chi connectivity index (χ1v) is 12.7. The maximum atomic E-state index is 4.93. The second kappa shape index (κ2) is 9.38. The van der Waals surface area contributed by atoms with Gasteiger partial charge in [0.2, 0.25) is 0 Å². The Morgan fingerprint density at radius 2 is 0.789 bits per heavy atom. The van der Waals surface area contributed by atoms with E-state index in [-0.39, 0.29) is 0 Å². The van der Waals surface area contributed by atoms with Gasteiger partial charge in [0.25, 0.3) is 0 Å². The van der Waals surface area contributed by atoms with Gasteiger partial charge in [0.15, 0.2) is 0 Å². The van der Waals surface area contributed by atoms with Crippen molar-refractivity contribution in [1.29, 1.82) is 0 Å². The molecule has 0 saturated heterocycles. The Labute approximate surface area is 221 Å². The molecule has 4 aromatic carbocycles. The molecule has 38 heavy (non-hydrogen) atoms. The molecule has 3 aromatic heterocycles. The van der Waals surface area contributed by atoms with Gasteiger partial charge in [-0.15, -0.1) is 0 Å². The maximum absolute atomic E-state index is 4.93. The van der Waals surface area contributed by atoms with Crippen molar-refractivity contribution in [3.05, 3.63) is 140 Å². The highest BCUT2D eigenvalue weighted by Crippen LogP contribution is 2.43. The first-order chi connectivity index (χ1) is 18.9. The predicted molar refractivity (Wildman–Crippen MR) is 157 cm³/mol. The highest BCUT2D eigenvalue weighted by molar-refractivity contribution is 6.21. The third-order valence-corrected chi connectivity index (χ3v) is 7.05. The fourth-order valence-electron chi connectivity index (χ4n) is 5.28. The van der Waals surface area contributed by atoms with Crippen molar-refractivity contribution in [3.63, 3.8) is 0 Å². The molecule has 0 fully saturated rings. The van der Waals surface area contributed by atoms with E-state index in [9.17, 15) is 0 Å². The quantitative estimate of drug-likeness (QED) is 0.234. The van der Waals surface area contributed by atoms with Crippen LogP contribution in [0.5, 0.6) is 0 Å². The third kappa shape index (κ3) is 3.82. The summed E-state index contributed by atoms with van der Waals surface area (Å²) >= 11 is 0. The summed E-state index contributed by atoms with van der Waals surface area (Å²) in [7, 11) is 0. The largest absolute Gasteiger partial charge is 0.256 e. The minimum atomic E-state index is 0.922. The summed E-state index contributed by atoms with van der Waals surface area (Å²) in [5.74, 6) is 0. The van der Waals surface area contributed by atoms with Crippen LogP contribution in [0.4, 0.5) is 0 Å². The molecule has 0 spiro atoms. The topological polar surface area (TPSA) is 38.7 Å². The number of nitrogens with zero attached hydrogens (tertiary/aromatic N) is 3. The van der Waals surface area contributed by atoms with Crippen LogP contribution >= 0.6 is 0 Å². The van der Waals surface area contributed by atoms with Gasteiger partial charge in [0.05, 0.1) is 17.1 Å². The summed E-state index contributed by atoms with van der Waals surface area (Å²) in [6.07, 6.45) is 5.57. The van der Waals surface area contributed by atoms with Crippen molar-refractivity contribution in [2.45, 2.75) is 0 Å². The van der Waals surface area contributed by atoms with Crippen LogP contribution in [-0.2, 0) is 0 Å². The smallest absolute Gasteiger partial charge is 0.0717 e. The van der Waals surface area contributed by atoms with Gasteiger partial charge in [0, 0.05) is 35.3 Å². The molecule has 3 heterocycles. The van der Waals surface area contributed by atoms with E-state index < -0.39 is 0 Å². The second-order valence-corrected chi connectivity index (χ2v) is 9.28. The molecule has 0 aliphatic heterocycles. The van der Waals surface area contributed by atoms with Crippen LogP contribution in [0.3, 0.4) is 0 Å². The number of aromatic nitrogens is 3. The van der Waals surface area contributed by atoms with Crippen LogP contribution in [-0.4, -0.2) is 15.0 Å². The first kappa shape index (κ1) is 22.1. The van der Waals surface area contributed by atoms with Gasteiger partial charge in [-0.3, -0.25) is 15.0 Å². The molecular weight excluding hydrogens is 462 g/mol. The molecule has 0 bridgehead atoms. The lowest BCUT2D eigenvalue weighted by Gasteiger charge is -2.17. The normalized spacial score (nSPS) is 11.2. The molecular formula is C35H23N3. The average Bonchev–Trinajstić information content (AvgIpc) is 3.01. The van der Waals surface area contributed by atoms with Crippen LogP contribution in [0.25, 0.3) is 66.4 Å². The predicted octanol–water partition coefficient (Wildman–Crippen LogP) is 8.85. The molecule has 3 nitrogen and oxygen atoms in total. The van der Waals surface area contributed by atoms with Gasteiger partial charge in [-0.2, -0.15) is 0 Å². The fraction of sp³-hybridized carbons (Fsp3) is 0. The fourth-order valence-corrected chi connectivity index (χ4v) is 5.28. The van der Waals surface area contributed by atoms with Crippen LogP contribution in [0.2, 0.25) is 0 Å². The molecule has 0 aliphatic rings. The highest BCUT2D eigenvalue weighted by Gasteiger charge is 2.17. The Bertz CT molecular complexity index is 1680. The lowest BCUT2D eigenvalue weighted by Crippen LogP contribution is -1.93. The summed E-state index contributed by atoms with van der Waals surface area (Å²) in [4.78, 5) is 13.9. The molecule has 0 saturated carbocycles. The minimum Gasteiger partial charge on any atom is -0.256 e. The van der Waals surface area contributed by atoms with E-state index in [1.165, 1.54) is 32.7 Å². The average molecular weight is 486 g/mol. The van der Waals surface area contributed by atoms with Gasteiger partial charge in [0.1, 0.15) is 0 Å². The summed E-state index contributed by atoms with van der Waals surface area (Å²) < 4.78 is 0. The van der Waals surface area contributed by atoms with Gasteiger partial charge >= 0.3 is 0 Å². The van der Waals surface area contributed by atoms with E-state index in [1.807, 2.05) is 55.0 Å². The van der Waals surface area contributed by atoms with E-state index >= 15 is 0 Å². The van der Waals surface area contributed by atoms with Crippen molar-refractivity contribution in [2.24, 2.45) is 0 Å². The zero-order valence-corrected chi connectivity index (χ0v) is 20.6. The Morgan fingerprint density at radius 1 is 0.316 bits per heavy atom. The molecule has 0 unspecified atom stereocenters. The number of pyridine rings is 3. The monoisotopic (exact) mass is 485 g/mol. The summed E-state index contributed by atoms with van der Waals surface area (Å²) in [6, 6.07) is 42.2. The number of hydrogen-bond donors (Lipinski definition) is 0. The summed E-state index contributed by atoms with van der Waals surface area (Å²) in [6.45, 7) is 0. The summed E-state index contributed by atoms with van der Waals surface area (Å²) in [5, 5.41) is 4.80. The van der Waals surface area contributed by atoms with Crippen molar-refractivity contribution < 1.29 is 0 Å². The van der Waals surface area contributed by atoms with E-state index in [4.69, 9.17) is 4.98 Å². The van der Waals surface area contributed by atoms with E-state index in [0.717, 1.165) is 33.8 Å². The van der Waals surface area contributed by atoms with Crippen LogP contribution in [0.15, 0.2) is 140 Å². The van der Waals surface area contributed by atoms with E-state index in [0.29, 0.717) is 0 Å². The molecule has 3 heteroatoms. The molecule has 0 radical (unpaired) electrons. The molecule has 0 N–H and O–H groups in total. The van der Waals surface area contributed by atoms with Crippen LogP contribution in [0, 0.1) is 0 Å². The molecule has 0 atom stereocenters. The second-order valence-electron chi connectivity index (χ2n) is 9.28. The third-order valence-electron chi connectivity index (χ3n) is 7.05. The van der Waals surface area contributed by atoms with E-state index in [2.05, 4.69) is 94.9 Å². The standard InChI is InChI=1S/C35H23N3/c1-3-11-29-27(9-1)34(25-17-15-24(16-18-25)31-13-5-7-21-36-31)28-10-2-4-12-30(28)35(29)33-20-19-26(23-38-33)32-14-6-8-22-37-32/h1-23H. The summed E-state index contributed by atoms with van der Waals surface area (Å²) in [5.41, 5.74) is 8.53. The Balaban J connectivity index is 1.43. The van der Waals surface area contributed by atoms with Crippen molar-refractivity contribution in [3.8, 4) is 44.9 Å². The molecule has 0 aliphatic carbocycles. The zero-order valence-electron chi connectivity index (χ0n) is 20.6. The van der Waals surface area contributed by atoms with Gasteiger partial charge in [-0.25, -0.2) is 0 Å². The molecule has 0 amide bonds. The van der Waals surface area contributed by atoms with Gasteiger partial charge in [-0.05, 0) is 69.1 Å². The minimum absolute atomic E-state index is 0.922. The molecule has 178 valence electrons. The van der Waals surface area contributed by atoms with Crippen molar-refractivity contribution in [1.82, 2.24) is 15.0 Å². The SMILES string of the molecule is c1ccc(-c2ccc(-c3c4ccccc4c(-c4ccc(-c5ccccn5)cn4)c4ccccc34)cc2)nc1. The Hall–Kier alpha value is -5.15. The number of hydrogen-bond acceptors (Lipinski definition) is 3. The molecule has 7 rings (SSSR count). The van der Waals surface area contributed by atoms with Crippen molar-refractivity contribution >= 4 is 21.5 Å². The van der Waals surface area contributed by atoms with Crippen LogP contribution < -0.4 is 0 Å². The van der Waals surface area contributed by atoms with Crippen LogP contribution in [0.1, 0.15) is 0 Å². The lowest BCUT2D eigenvalue weighted by atomic mass is 9.87. The number of fused-ring (bicyclic) bond motifs is 2. The number of benzene rings is 4. The number of rotatable bonds is 4. The molecule has 7 aromatic rings. The Kier molecular flexibility index (Phi) is 5.45. The van der Waals surface area contributed by atoms with E-state index in [1.54, 1.807) is 0 Å². The van der Waals surface area contributed by atoms with Gasteiger partial charge in [-0.1, -0.05) is 84.9 Å². The highest BCUT2D eigenvalue weighted by atomic mass is 14.7. The maximum Gasteiger partial charge on any atom is 0.0717 e. The Morgan fingerprint density at radius 3 is 1.29 bits per heavy atom. The van der Waals surface area contributed by atoms with Gasteiger partial charge < -0.3 is 0 Å².